The Hall–Kier alpha value is -0.610. The first-order chi connectivity index (χ1) is 9.47. The lowest BCUT2D eigenvalue weighted by atomic mass is 10.1. The van der Waals surface area contributed by atoms with E-state index in [-0.39, 0.29) is 5.78 Å². The van der Waals surface area contributed by atoms with Crippen molar-refractivity contribution in [3.63, 3.8) is 0 Å². The molecule has 0 saturated carbocycles. The van der Waals surface area contributed by atoms with Gasteiger partial charge in [-0.1, -0.05) is 23.2 Å². The van der Waals surface area contributed by atoms with Gasteiger partial charge in [-0.25, -0.2) is 0 Å². The molecule has 2 rings (SSSR count). The summed E-state index contributed by atoms with van der Waals surface area (Å²) in [5, 5.41) is 1.01. The number of hydrogen-bond acceptors (Lipinski definition) is 3. The summed E-state index contributed by atoms with van der Waals surface area (Å²) >= 11 is 12.0. The highest BCUT2D eigenvalue weighted by atomic mass is 35.5. The lowest BCUT2D eigenvalue weighted by Crippen LogP contribution is -2.40. The highest BCUT2D eigenvalue weighted by Crippen LogP contribution is 2.22. The average Bonchev–Trinajstić information content (AvgIpc) is 2.54. The van der Waals surface area contributed by atoms with E-state index in [0.29, 0.717) is 28.2 Å². The van der Waals surface area contributed by atoms with Crippen molar-refractivity contribution in [3.05, 3.63) is 33.8 Å². The van der Waals surface area contributed by atoms with Crippen LogP contribution in [0.2, 0.25) is 10.0 Å². The SMILES string of the molecule is CC1CN(C)CCCN1CC(=O)c1cc(Cl)ccc1Cl. The van der Waals surface area contributed by atoms with Crippen LogP contribution in [0.3, 0.4) is 0 Å². The van der Waals surface area contributed by atoms with Gasteiger partial charge >= 0.3 is 0 Å². The first-order valence-electron chi connectivity index (χ1n) is 6.88. The van der Waals surface area contributed by atoms with E-state index >= 15 is 0 Å². The van der Waals surface area contributed by atoms with E-state index in [1.165, 1.54) is 0 Å². The van der Waals surface area contributed by atoms with Crippen molar-refractivity contribution in [1.29, 1.82) is 0 Å². The van der Waals surface area contributed by atoms with Crippen molar-refractivity contribution < 1.29 is 4.79 Å². The van der Waals surface area contributed by atoms with Gasteiger partial charge < -0.3 is 4.90 Å². The molecule has 20 heavy (non-hydrogen) atoms. The minimum absolute atomic E-state index is 0.0360. The summed E-state index contributed by atoms with van der Waals surface area (Å²) in [5.74, 6) is 0.0360. The molecule has 0 bridgehead atoms. The van der Waals surface area contributed by atoms with Gasteiger partial charge in [0.05, 0.1) is 11.6 Å². The summed E-state index contributed by atoms with van der Waals surface area (Å²) in [7, 11) is 2.12. The average molecular weight is 315 g/mol. The number of nitrogens with zero attached hydrogens (tertiary/aromatic N) is 2. The zero-order valence-electron chi connectivity index (χ0n) is 11.9. The van der Waals surface area contributed by atoms with E-state index in [1.54, 1.807) is 18.2 Å². The number of carbonyl (C=O) groups excluding carboxylic acids is 1. The highest BCUT2D eigenvalue weighted by Gasteiger charge is 2.23. The molecular formula is C15H20Cl2N2O. The summed E-state index contributed by atoms with van der Waals surface area (Å²) in [6.07, 6.45) is 1.08. The molecule has 5 heteroatoms. The van der Waals surface area contributed by atoms with Crippen LogP contribution in [0.4, 0.5) is 0 Å². The van der Waals surface area contributed by atoms with Gasteiger partial charge in [0, 0.05) is 29.7 Å². The van der Waals surface area contributed by atoms with E-state index in [9.17, 15) is 4.79 Å². The Balaban J connectivity index is 2.08. The molecule has 0 spiro atoms. The topological polar surface area (TPSA) is 23.6 Å². The molecule has 110 valence electrons. The fourth-order valence-electron chi connectivity index (χ4n) is 2.64. The van der Waals surface area contributed by atoms with E-state index in [4.69, 9.17) is 23.2 Å². The van der Waals surface area contributed by atoms with E-state index in [0.717, 1.165) is 26.1 Å². The quantitative estimate of drug-likeness (QED) is 0.800. The van der Waals surface area contributed by atoms with E-state index < -0.39 is 0 Å². The standard InChI is InChI=1S/C15H20Cl2N2O/c1-11-9-18(2)6-3-7-19(11)10-15(20)13-8-12(16)4-5-14(13)17/h4-5,8,11H,3,6-7,9-10H2,1-2H3. The molecule has 1 aliphatic heterocycles. The smallest absolute Gasteiger partial charge is 0.178 e. The Kier molecular flexibility index (Phi) is 5.44. The van der Waals surface area contributed by atoms with Crippen LogP contribution >= 0.6 is 23.2 Å². The van der Waals surface area contributed by atoms with Crippen LogP contribution in [0.5, 0.6) is 0 Å². The summed E-state index contributed by atoms with van der Waals surface area (Å²) in [6.45, 7) is 5.56. The molecule has 1 aromatic carbocycles. The third-order valence-corrected chi connectivity index (χ3v) is 4.32. The van der Waals surface area contributed by atoms with Gasteiger partial charge in [0.15, 0.2) is 5.78 Å². The molecule has 0 aromatic heterocycles. The van der Waals surface area contributed by atoms with Crippen molar-refractivity contribution in [2.24, 2.45) is 0 Å². The first kappa shape index (κ1) is 15.8. The molecule has 1 saturated heterocycles. The number of halogens is 2. The highest BCUT2D eigenvalue weighted by molar-refractivity contribution is 6.36. The van der Waals surface area contributed by atoms with Crippen LogP contribution in [0.1, 0.15) is 23.7 Å². The van der Waals surface area contributed by atoms with Crippen molar-refractivity contribution in [1.82, 2.24) is 9.80 Å². The molecule has 0 N–H and O–H groups in total. The third kappa shape index (κ3) is 3.95. The lowest BCUT2D eigenvalue weighted by Gasteiger charge is -2.27. The fourth-order valence-corrected chi connectivity index (χ4v) is 3.03. The molecule has 1 aromatic rings. The largest absolute Gasteiger partial charge is 0.305 e. The van der Waals surface area contributed by atoms with Gasteiger partial charge in [0.2, 0.25) is 0 Å². The summed E-state index contributed by atoms with van der Waals surface area (Å²) in [6, 6.07) is 5.39. The maximum atomic E-state index is 12.4. The zero-order valence-corrected chi connectivity index (χ0v) is 13.4. The second kappa shape index (κ2) is 6.90. The van der Waals surface area contributed by atoms with Crippen molar-refractivity contribution >= 4 is 29.0 Å². The molecule has 0 amide bonds. The van der Waals surface area contributed by atoms with E-state index in [2.05, 4.69) is 23.8 Å². The molecule has 0 radical (unpaired) electrons. The molecular weight excluding hydrogens is 295 g/mol. The van der Waals surface area contributed by atoms with Crippen LogP contribution in [-0.2, 0) is 0 Å². The Bertz CT molecular complexity index is 493. The van der Waals surface area contributed by atoms with Gasteiger partial charge in [-0.2, -0.15) is 0 Å². The second-order valence-electron chi connectivity index (χ2n) is 5.48. The number of carbonyl (C=O) groups is 1. The monoisotopic (exact) mass is 314 g/mol. The maximum Gasteiger partial charge on any atom is 0.178 e. The van der Waals surface area contributed by atoms with Gasteiger partial charge in [0.1, 0.15) is 0 Å². The maximum absolute atomic E-state index is 12.4. The molecule has 1 aliphatic rings. The van der Waals surface area contributed by atoms with Crippen LogP contribution in [0.15, 0.2) is 18.2 Å². The van der Waals surface area contributed by atoms with Crippen molar-refractivity contribution in [3.8, 4) is 0 Å². The normalized spacial score (nSPS) is 21.7. The minimum atomic E-state index is 0.0360. The van der Waals surface area contributed by atoms with Crippen LogP contribution in [0, 0.1) is 0 Å². The van der Waals surface area contributed by atoms with Gasteiger partial charge in [-0.05, 0) is 45.1 Å². The number of likely N-dealkylation sites (N-methyl/N-ethyl adjacent to an activating group) is 1. The van der Waals surface area contributed by atoms with E-state index in [1.807, 2.05) is 0 Å². The van der Waals surface area contributed by atoms with Gasteiger partial charge in [0.25, 0.3) is 0 Å². The second-order valence-corrected chi connectivity index (χ2v) is 6.33. The molecule has 0 aliphatic carbocycles. The fraction of sp³-hybridized carbons (Fsp3) is 0.533. The summed E-state index contributed by atoms with van der Waals surface area (Å²) in [4.78, 5) is 17.0. The van der Waals surface area contributed by atoms with Crippen molar-refractivity contribution in [2.75, 3.05) is 33.2 Å². The van der Waals surface area contributed by atoms with Crippen molar-refractivity contribution in [2.45, 2.75) is 19.4 Å². The Morgan fingerprint density at radius 3 is 2.85 bits per heavy atom. The Labute approximate surface area is 130 Å². The number of Topliss-reactive ketones (excluding diaryl/α,β-unsaturated/α-hetero) is 1. The molecule has 1 heterocycles. The lowest BCUT2D eigenvalue weighted by molar-refractivity contribution is 0.0900. The number of ketones is 1. The zero-order chi connectivity index (χ0) is 14.7. The molecule has 1 fully saturated rings. The third-order valence-electron chi connectivity index (χ3n) is 3.76. The molecule has 1 unspecified atom stereocenters. The minimum Gasteiger partial charge on any atom is -0.305 e. The summed E-state index contributed by atoms with van der Waals surface area (Å²) < 4.78 is 0. The Morgan fingerprint density at radius 1 is 1.35 bits per heavy atom. The number of hydrogen-bond donors (Lipinski definition) is 0. The van der Waals surface area contributed by atoms with Crippen LogP contribution in [-0.4, -0.2) is 54.9 Å². The predicted octanol–water partition coefficient (Wildman–Crippen LogP) is 3.20. The van der Waals surface area contributed by atoms with Gasteiger partial charge in [-0.3, -0.25) is 9.69 Å². The number of benzene rings is 1. The number of rotatable bonds is 3. The van der Waals surface area contributed by atoms with Crippen LogP contribution < -0.4 is 0 Å². The van der Waals surface area contributed by atoms with Gasteiger partial charge in [-0.15, -0.1) is 0 Å². The summed E-state index contributed by atoms with van der Waals surface area (Å²) in [5.41, 5.74) is 0.518. The molecule has 3 nitrogen and oxygen atoms in total. The first-order valence-corrected chi connectivity index (χ1v) is 7.64. The Morgan fingerprint density at radius 2 is 2.10 bits per heavy atom. The van der Waals surface area contributed by atoms with Crippen LogP contribution in [0.25, 0.3) is 0 Å². The predicted molar refractivity (Wildman–Crippen MR) is 83.9 cm³/mol. The molecule has 1 atom stereocenters.